The lowest BCUT2D eigenvalue weighted by Crippen LogP contribution is -2.35. The molecule has 2 aromatic heterocycles. The molecule has 4 rings (SSSR count). The number of pyridine rings is 2. The maximum atomic E-state index is 12.7. The van der Waals surface area contributed by atoms with Crippen molar-refractivity contribution in [2.45, 2.75) is 18.6 Å². The first-order chi connectivity index (χ1) is 13.0. The number of fused-ring (bicyclic) bond motifs is 1. The molecular formula is C19H20ClN3O4. The second kappa shape index (κ2) is 7.32. The van der Waals surface area contributed by atoms with Crippen LogP contribution in [0.1, 0.15) is 16.9 Å². The average Bonchev–Trinajstić information content (AvgIpc) is 3.20. The molecule has 0 bridgehead atoms. The summed E-state index contributed by atoms with van der Waals surface area (Å²) < 4.78 is 13.2. The van der Waals surface area contributed by atoms with Crippen LogP contribution in [0.2, 0.25) is 5.02 Å². The van der Waals surface area contributed by atoms with Crippen molar-refractivity contribution in [1.29, 1.82) is 0 Å². The summed E-state index contributed by atoms with van der Waals surface area (Å²) in [6, 6.07) is 6.45. The fourth-order valence-electron chi connectivity index (χ4n) is 3.74. The van der Waals surface area contributed by atoms with E-state index in [4.69, 9.17) is 21.1 Å². The van der Waals surface area contributed by atoms with E-state index in [9.17, 15) is 9.59 Å². The normalized spacial score (nSPS) is 24.1. The zero-order valence-corrected chi connectivity index (χ0v) is 15.6. The standard InChI is InChI=1S/C19H20ClN3O4/c1-22-16(3-2-4-18(22)24)19(25)23-9-12-5-15(27-17(12)10-23)11-26-14-6-13(20)7-21-8-14/h2-4,6-8,12,15,17H,5,9-11H2,1H3/t12-,15-,17+/m0/s1. The minimum absolute atomic E-state index is 0.000719. The molecule has 2 saturated heterocycles. The van der Waals surface area contributed by atoms with Crippen LogP contribution in [0.5, 0.6) is 5.75 Å². The number of halogens is 1. The highest BCUT2D eigenvalue weighted by atomic mass is 35.5. The lowest BCUT2D eigenvalue weighted by molar-refractivity contribution is 0.0129. The van der Waals surface area contributed by atoms with Crippen LogP contribution >= 0.6 is 11.6 Å². The average molecular weight is 390 g/mol. The number of carbonyl (C=O) groups is 1. The Bertz CT molecular complexity index is 902. The summed E-state index contributed by atoms with van der Waals surface area (Å²) in [6.07, 6.45) is 3.99. The fraction of sp³-hybridized carbons (Fsp3) is 0.421. The van der Waals surface area contributed by atoms with Crippen molar-refractivity contribution in [2.24, 2.45) is 13.0 Å². The summed E-state index contributed by atoms with van der Waals surface area (Å²) in [7, 11) is 1.61. The summed E-state index contributed by atoms with van der Waals surface area (Å²) in [5.41, 5.74) is 0.208. The van der Waals surface area contributed by atoms with E-state index in [-0.39, 0.29) is 29.6 Å². The van der Waals surface area contributed by atoms with Crippen molar-refractivity contribution < 1.29 is 14.3 Å². The number of nitrogens with zero attached hydrogens (tertiary/aromatic N) is 3. The van der Waals surface area contributed by atoms with Gasteiger partial charge in [-0.15, -0.1) is 0 Å². The Morgan fingerprint density at radius 2 is 2.22 bits per heavy atom. The third kappa shape index (κ3) is 3.70. The third-order valence-corrected chi connectivity index (χ3v) is 5.33. The molecule has 2 aliphatic heterocycles. The number of carbonyl (C=O) groups excluding carboxylic acids is 1. The number of rotatable bonds is 4. The van der Waals surface area contributed by atoms with Crippen molar-refractivity contribution in [3.63, 3.8) is 0 Å². The van der Waals surface area contributed by atoms with E-state index in [1.807, 2.05) is 0 Å². The first-order valence-corrected chi connectivity index (χ1v) is 9.23. The van der Waals surface area contributed by atoms with Crippen LogP contribution in [-0.2, 0) is 11.8 Å². The molecule has 0 unspecified atom stereocenters. The van der Waals surface area contributed by atoms with Crippen LogP contribution in [0.15, 0.2) is 41.5 Å². The summed E-state index contributed by atoms with van der Waals surface area (Å²) in [6.45, 7) is 1.58. The van der Waals surface area contributed by atoms with E-state index in [0.29, 0.717) is 36.2 Å². The van der Waals surface area contributed by atoms with Gasteiger partial charge in [0, 0.05) is 44.4 Å². The van der Waals surface area contributed by atoms with Gasteiger partial charge in [-0.25, -0.2) is 0 Å². The number of hydrogen-bond acceptors (Lipinski definition) is 5. The van der Waals surface area contributed by atoms with Crippen molar-refractivity contribution in [1.82, 2.24) is 14.5 Å². The zero-order chi connectivity index (χ0) is 19.0. The summed E-state index contributed by atoms with van der Waals surface area (Å²) in [4.78, 5) is 30.2. The van der Waals surface area contributed by atoms with E-state index in [2.05, 4.69) is 4.98 Å². The molecular weight excluding hydrogens is 370 g/mol. The van der Waals surface area contributed by atoms with Gasteiger partial charge in [-0.3, -0.25) is 14.6 Å². The highest BCUT2D eigenvalue weighted by Crippen LogP contribution is 2.34. The number of likely N-dealkylation sites (tertiary alicyclic amines) is 1. The van der Waals surface area contributed by atoms with Gasteiger partial charge in [0.05, 0.1) is 23.4 Å². The molecule has 2 aromatic rings. The van der Waals surface area contributed by atoms with Gasteiger partial charge in [0.25, 0.3) is 11.5 Å². The van der Waals surface area contributed by atoms with Crippen LogP contribution < -0.4 is 10.3 Å². The van der Waals surface area contributed by atoms with Crippen LogP contribution in [-0.4, -0.2) is 52.3 Å². The lowest BCUT2D eigenvalue weighted by atomic mass is 10.0. The monoisotopic (exact) mass is 389 g/mol. The van der Waals surface area contributed by atoms with Crippen molar-refractivity contribution in [3.05, 3.63) is 57.7 Å². The molecule has 0 N–H and O–H groups in total. The van der Waals surface area contributed by atoms with Crippen LogP contribution in [0, 0.1) is 5.92 Å². The van der Waals surface area contributed by atoms with Gasteiger partial charge in [0.2, 0.25) is 0 Å². The number of aromatic nitrogens is 2. The Morgan fingerprint density at radius 1 is 1.37 bits per heavy atom. The SMILES string of the molecule is Cn1c(C(=O)N2C[C@@H]3C[C@@H](COc4cncc(Cl)c4)O[C@@H]3C2)cccc1=O. The first-order valence-electron chi connectivity index (χ1n) is 8.85. The predicted octanol–water partition coefficient (Wildman–Crippen LogP) is 1.74. The van der Waals surface area contributed by atoms with Crippen LogP contribution in [0.3, 0.4) is 0 Å². The molecule has 1 amide bonds. The highest BCUT2D eigenvalue weighted by molar-refractivity contribution is 6.30. The molecule has 3 atom stereocenters. The minimum Gasteiger partial charge on any atom is -0.489 e. The second-order valence-corrected chi connectivity index (χ2v) is 7.40. The molecule has 4 heterocycles. The van der Waals surface area contributed by atoms with Gasteiger partial charge in [0.1, 0.15) is 18.1 Å². The Kier molecular flexibility index (Phi) is 4.88. The summed E-state index contributed by atoms with van der Waals surface area (Å²) in [5, 5.41) is 0.529. The Balaban J connectivity index is 1.33. The largest absolute Gasteiger partial charge is 0.489 e. The number of hydrogen-bond donors (Lipinski definition) is 0. The zero-order valence-electron chi connectivity index (χ0n) is 14.9. The quantitative estimate of drug-likeness (QED) is 0.796. The van der Waals surface area contributed by atoms with Crippen LogP contribution in [0.25, 0.3) is 0 Å². The molecule has 2 fully saturated rings. The van der Waals surface area contributed by atoms with Gasteiger partial charge in [0.15, 0.2) is 0 Å². The number of amides is 1. The van der Waals surface area contributed by atoms with E-state index in [0.717, 1.165) is 6.42 Å². The van der Waals surface area contributed by atoms with Gasteiger partial charge < -0.3 is 18.9 Å². The molecule has 27 heavy (non-hydrogen) atoms. The summed E-state index contributed by atoms with van der Waals surface area (Å²) in [5.74, 6) is 0.761. The van der Waals surface area contributed by atoms with Crippen molar-refractivity contribution >= 4 is 17.5 Å². The molecule has 0 spiro atoms. The molecule has 8 heteroatoms. The predicted molar refractivity (Wildman–Crippen MR) is 99.1 cm³/mol. The molecule has 0 saturated carbocycles. The van der Waals surface area contributed by atoms with Gasteiger partial charge in [-0.2, -0.15) is 0 Å². The van der Waals surface area contributed by atoms with Crippen molar-refractivity contribution in [3.8, 4) is 5.75 Å². The van der Waals surface area contributed by atoms with Crippen molar-refractivity contribution in [2.75, 3.05) is 19.7 Å². The van der Waals surface area contributed by atoms with Crippen LogP contribution in [0.4, 0.5) is 0 Å². The Labute approximate surface area is 161 Å². The van der Waals surface area contributed by atoms with E-state index in [1.165, 1.54) is 10.6 Å². The lowest BCUT2D eigenvalue weighted by Gasteiger charge is -2.20. The highest BCUT2D eigenvalue weighted by Gasteiger charge is 2.44. The van der Waals surface area contributed by atoms with Gasteiger partial charge >= 0.3 is 0 Å². The maximum absolute atomic E-state index is 12.7. The topological polar surface area (TPSA) is 73.7 Å². The second-order valence-electron chi connectivity index (χ2n) is 6.96. The Morgan fingerprint density at radius 3 is 3.00 bits per heavy atom. The summed E-state index contributed by atoms with van der Waals surface area (Å²) >= 11 is 5.90. The van der Waals surface area contributed by atoms with E-state index < -0.39 is 0 Å². The molecule has 0 radical (unpaired) electrons. The minimum atomic E-state index is -0.191. The van der Waals surface area contributed by atoms with E-state index >= 15 is 0 Å². The van der Waals surface area contributed by atoms with Gasteiger partial charge in [-0.1, -0.05) is 17.7 Å². The third-order valence-electron chi connectivity index (χ3n) is 5.12. The molecule has 0 aliphatic carbocycles. The fourth-order valence-corrected chi connectivity index (χ4v) is 3.90. The molecule has 142 valence electrons. The maximum Gasteiger partial charge on any atom is 0.270 e. The first kappa shape index (κ1) is 18.0. The Hall–Kier alpha value is -2.38. The number of ether oxygens (including phenoxy) is 2. The van der Waals surface area contributed by atoms with Gasteiger partial charge in [-0.05, 0) is 12.5 Å². The molecule has 2 aliphatic rings. The van der Waals surface area contributed by atoms with E-state index in [1.54, 1.807) is 42.5 Å². The smallest absolute Gasteiger partial charge is 0.270 e. The molecule has 0 aromatic carbocycles. The molecule has 7 nitrogen and oxygen atoms in total.